The Labute approximate surface area is 172 Å². The van der Waals surface area contributed by atoms with Crippen molar-refractivity contribution in [3.63, 3.8) is 0 Å². The molecule has 1 atom stereocenters. The number of rotatable bonds is 9. The topological polar surface area (TPSA) is 54.5 Å². The molecule has 0 aliphatic carbocycles. The fourth-order valence-electron chi connectivity index (χ4n) is 3.73. The van der Waals surface area contributed by atoms with Crippen LogP contribution in [0.1, 0.15) is 31.0 Å². The van der Waals surface area contributed by atoms with Crippen molar-refractivity contribution in [3.8, 4) is 5.75 Å². The molecule has 152 valence electrons. The fraction of sp³-hybridized carbons (Fsp3) is 0.333. The summed E-state index contributed by atoms with van der Waals surface area (Å²) in [5, 5.41) is 4.18. The summed E-state index contributed by atoms with van der Waals surface area (Å²) in [6.45, 7) is 6.63. The number of benzene rings is 2. The lowest BCUT2D eigenvalue weighted by atomic mass is 10.0. The fourth-order valence-corrected chi connectivity index (χ4v) is 3.73. The Kier molecular flexibility index (Phi) is 7.19. The van der Waals surface area contributed by atoms with Gasteiger partial charge in [-0.15, -0.1) is 0 Å². The highest BCUT2D eigenvalue weighted by atomic mass is 16.5. The molecule has 0 fully saturated rings. The first-order valence-corrected chi connectivity index (χ1v) is 10.1. The second-order valence-electron chi connectivity index (χ2n) is 6.99. The minimum Gasteiger partial charge on any atom is -0.497 e. The number of ether oxygens (including phenoxy) is 1. The second-order valence-corrected chi connectivity index (χ2v) is 6.99. The molecule has 5 nitrogen and oxygen atoms in total. The average molecular weight is 392 g/mol. The molecule has 0 spiro atoms. The van der Waals surface area contributed by atoms with Crippen molar-refractivity contribution in [3.05, 3.63) is 71.9 Å². The van der Waals surface area contributed by atoms with Crippen LogP contribution in [-0.2, 0) is 11.2 Å². The Hall–Kier alpha value is -2.92. The zero-order valence-corrected chi connectivity index (χ0v) is 17.4. The predicted molar refractivity (Wildman–Crippen MR) is 117 cm³/mol. The van der Waals surface area contributed by atoms with Gasteiger partial charge in [-0.3, -0.25) is 14.7 Å². The molecule has 1 unspecified atom stereocenters. The van der Waals surface area contributed by atoms with Gasteiger partial charge in [0, 0.05) is 18.1 Å². The molecule has 0 radical (unpaired) electrons. The zero-order chi connectivity index (χ0) is 20.6. The minimum atomic E-state index is 0.00297. The van der Waals surface area contributed by atoms with Crippen molar-refractivity contribution in [2.24, 2.45) is 0 Å². The van der Waals surface area contributed by atoms with Crippen LogP contribution >= 0.6 is 0 Å². The first kappa shape index (κ1) is 20.8. The van der Waals surface area contributed by atoms with Gasteiger partial charge in [-0.2, -0.15) is 0 Å². The maximum atomic E-state index is 12.7. The van der Waals surface area contributed by atoms with Crippen molar-refractivity contribution in [1.29, 1.82) is 0 Å². The molecule has 0 aliphatic heterocycles. The Morgan fingerprint density at radius 3 is 2.62 bits per heavy atom. The number of carbonyl (C=O) groups is 1. The van der Waals surface area contributed by atoms with Crippen LogP contribution in [0.5, 0.6) is 5.75 Å². The van der Waals surface area contributed by atoms with E-state index in [2.05, 4.69) is 35.1 Å². The third-order valence-corrected chi connectivity index (χ3v) is 5.29. The van der Waals surface area contributed by atoms with E-state index in [1.165, 1.54) is 0 Å². The monoisotopic (exact) mass is 391 g/mol. The second kappa shape index (κ2) is 10.0. The highest BCUT2D eigenvalue weighted by Gasteiger charge is 2.19. The van der Waals surface area contributed by atoms with Crippen LogP contribution in [0.3, 0.4) is 0 Å². The Morgan fingerprint density at radius 1 is 1.10 bits per heavy atom. The summed E-state index contributed by atoms with van der Waals surface area (Å²) >= 11 is 0. The van der Waals surface area contributed by atoms with Crippen molar-refractivity contribution in [1.82, 2.24) is 15.2 Å². The number of amides is 1. The van der Waals surface area contributed by atoms with Gasteiger partial charge in [0.1, 0.15) is 5.75 Å². The number of carbonyl (C=O) groups excluding carboxylic acids is 1. The van der Waals surface area contributed by atoms with E-state index >= 15 is 0 Å². The Bertz CT molecular complexity index is 948. The summed E-state index contributed by atoms with van der Waals surface area (Å²) in [5.74, 6) is 0.830. The molecule has 3 rings (SSSR count). The summed E-state index contributed by atoms with van der Waals surface area (Å²) in [4.78, 5) is 19.5. The lowest BCUT2D eigenvalue weighted by molar-refractivity contribution is -0.120. The molecular weight excluding hydrogens is 362 g/mol. The number of hydrogen-bond acceptors (Lipinski definition) is 4. The number of nitrogens with one attached hydrogen (secondary N) is 1. The lowest BCUT2D eigenvalue weighted by Gasteiger charge is -2.30. The number of aromatic nitrogens is 1. The van der Waals surface area contributed by atoms with Crippen LogP contribution in [0, 0.1) is 0 Å². The van der Waals surface area contributed by atoms with E-state index in [1.54, 1.807) is 13.3 Å². The number of hydrogen-bond donors (Lipinski definition) is 1. The van der Waals surface area contributed by atoms with E-state index in [-0.39, 0.29) is 11.9 Å². The summed E-state index contributed by atoms with van der Waals surface area (Å²) in [5.41, 5.74) is 2.97. The van der Waals surface area contributed by atoms with Crippen LogP contribution in [0.15, 0.2) is 60.8 Å². The van der Waals surface area contributed by atoms with E-state index in [0.29, 0.717) is 13.0 Å². The third-order valence-electron chi connectivity index (χ3n) is 5.29. The largest absolute Gasteiger partial charge is 0.497 e. The molecule has 0 aliphatic rings. The molecule has 0 saturated heterocycles. The van der Waals surface area contributed by atoms with Gasteiger partial charge in [-0.25, -0.2) is 0 Å². The van der Waals surface area contributed by atoms with Crippen molar-refractivity contribution in [2.45, 2.75) is 26.3 Å². The van der Waals surface area contributed by atoms with Crippen LogP contribution < -0.4 is 10.1 Å². The molecule has 29 heavy (non-hydrogen) atoms. The number of methoxy groups -OCH3 is 1. The van der Waals surface area contributed by atoms with Crippen molar-refractivity contribution in [2.75, 3.05) is 26.7 Å². The van der Waals surface area contributed by atoms with Crippen molar-refractivity contribution >= 4 is 16.8 Å². The first-order valence-electron chi connectivity index (χ1n) is 10.1. The number of pyridine rings is 1. The van der Waals surface area contributed by atoms with Crippen LogP contribution in [-0.4, -0.2) is 42.5 Å². The Morgan fingerprint density at radius 2 is 1.86 bits per heavy atom. The van der Waals surface area contributed by atoms with E-state index in [1.807, 2.05) is 48.5 Å². The van der Waals surface area contributed by atoms with Gasteiger partial charge in [0.15, 0.2) is 0 Å². The molecule has 1 N–H and O–H groups in total. The predicted octanol–water partition coefficient (Wildman–Crippen LogP) is 3.99. The number of nitrogens with zero attached hydrogens (tertiary/aromatic N) is 2. The van der Waals surface area contributed by atoms with Crippen LogP contribution in [0.4, 0.5) is 0 Å². The van der Waals surface area contributed by atoms with Gasteiger partial charge >= 0.3 is 0 Å². The van der Waals surface area contributed by atoms with Gasteiger partial charge in [0.05, 0.1) is 25.1 Å². The van der Waals surface area contributed by atoms with Gasteiger partial charge < -0.3 is 10.1 Å². The Balaban J connectivity index is 1.73. The van der Waals surface area contributed by atoms with E-state index in [4.69, 9.17) is 4.74 Å². The number of para-hydroxylation sites is 1. The maximum absolute atomic E-state index is 12.7. The quantitative estimate of drug-likeness (QED) is 0.599. The molecule has 3 aromatic rings. The smallest absolute Gasteiger partial charge is 0.224 e. The SMILES string of the molecule is CCN(CC)C(CNC(=O)Cc1cccc2cccnc12)c1cccc(OC)c1. The molecule has 0 bridgehead atoms. The normalized spacial score (nSPS) is 12.1. The third kappa shape index (κ3) is 5.12. The van der Waals surface area contributed by atoms with Gasteiger partial charge in [0.25, 0.3) is 0 Å². The van der Waals surface area contributed by atoms with Crippen LogP contribution in [0.2, 0.25) is 0 Å². The van der Waals surface area contributed by atoms with Crippen molar-refractivity contribution < 1.29 is 9.53 Å². The van der Waals surface area contributed by atoms with Gasteiger partial charge in [-0.05, 0) is 42.4 Å². The average Bonchev–Trinajstić information content (AvgIpc) is 2.77. The molecule has 1 amide bonds. The van der Waals surface area contributed by atoms with Crippen LogP contribution in [0.25, 0.3) is 10.9 Å². The lowest BCUT2D eigenvalue weighted by Crippen LogP contribution is -2.38. The summed E-state index contributed by atoms with van der Waals surface area (Å²) in [6, 6.07) is 18.1. The highest BCUT2D eigenvalue weighted by Crippen LogP contribution is 2.24. The molecular formula is C24H29N3O2. The number of fused-ring (bicyclic) bond motifs is 1. The van der Waals surface area contributed by atoms with E-state index in [9.17, 15) is 4.79 Å². The highest BCUT2D eigenvalue weighted by molar-refractivity contribution is 5.87. The summed E-state index contributed by atoms with van der Waals surface area (Å²) < 4.78 is 5.38. The minimum absolute atomic E-state index is 0.00297. The summed E-state index contributed by atoms with van der Waals surface area (Å²) in [7, 11) is 1.67. The molecule has 1 heterocycles. The summed E-state index contributed by atoms with van der Waals surface area (Å²) in [6.07, 6.45) is 2.08. The zero-order valence-electron chi connectivity index (χ0n) is 17.4. The first-order chi connectivity index (χ1) is 14.2. The van der Waals surface area contributed by atoms with E-state index < -0.39 is 0 Å². The van der Waals surface area contributed by atoms with Gasteiger partial charge in [-0.1, -0.05) is 50.2 Å². The molecule has 0 saturated carbocycles. The van der Waals surface area contributed by atoms with Gasteiger partial charge in [0.2, 0.25) is 5.91 Å². The molecule has 2 aromatic carbocycles. The molecule has 1 aromatic heterocycles. The molecule has 5 heteroatoms. The standard InChI is InChI=1S/C24H29N3O2/c1-4-27(5-2)22(19-10-7-13-21(15-19)29-3)17-26-23(28)16-20-11-6-9-18-12-8-14-25-24(18)20/h6-15,22H,4-5,16-17H2,1-3H3,(H,26,28). The maximum Gasteiger partial charge on any atom is 0.224 e. The number of likely N-dealkylation sites (N-methyl/N-ethyl adjacent to an activating group) is 1. The van der Waals surface area contributed by atoms with E-state index in [0.717, 1.165) is 40.9 Å².